The van der Waals surface area contributed by atoms with E-state index in [-0.39, 0.29) is 5.75 Å². The molecule has 17 heavy (non-hydrogen) atoms. The molecular formula is C11H15F2N3O. The van der Waals surface area contributed by atoms with E-state index in [0.29, 0.717) is 0 Å². The second kappa shape index (κ2) is 5.27. The van der Waals surface area contributed by atoms with Gasteiger partial charge in [-0.15, -0.1) is 0 Å². The number of nitrogens with zero attached hydrogens (tertiary/aromatic N) is 3. The van der Waals surface area contributed by atoms with Gasteiger partial charge in [-0.2, -0.15) is 8.78 Å². The zero-order valence-corrected chi connectivity index (χ0v) is 9.64. The summed E-state index contributed by atoms with van der Waals surface area (Å²) < 4.78 is 28.5. The Balaban J connectivity index is 2.05. The van der Waals surface area contributed by atoms with E-state index in [0.717, 1.165) is 31.9 Å². The van der Waals surface area contributed by atoms with Crippen molar-refractivity contribution in [3.05, 3.63) is 18.5 Å². The molecule has 1 aromatic heterocycles. The predicted molar refractivity (Wildman–Crippen MR) is 60.6 cm³/mol. The molecule has 0 spiro atoms. The average Bonchev–Trinajstić information content (AvgIpc) is 2.29. The highest BCUT2D eigenvalue weighted by molar-refractivity contribution is 5.48. The number of pyridine rings is 1. The summed E-state index contributed by atoms with van der Waals surface area (Å²) in [4.78, 5) is 8.26. The van der Waals surface area contributed by atoms with Crippen molar-refractivity contribution in [2.45, 2.75) is 6.61 Å². The fourth-order valence-electron chi connectivity index (χ4n) is 1.81. The van der Waals surface area contributed by atoms with Crippen molar-refractivity contribution >= 4 is 5.69 Å². The van der Waals surface area contributed by atoms with Gasteiger partial charge in [0.15, 0.2) is 0 Å². The van der Waals surface area contributed by atoms with E-state index in [1.807, 2.05) is 0 Å². The van der Waals surface area contributed by atoms with Crippen LogP contribution in [0.25, 0.3) is 0 Å². The molecule has 2 heterocycles. The number of rotatable bonds is 3. The van der Waals surface area contributed by atoms with Gasteiger partial charge in [0.2, 0.25) is 0 Å². The molecule has 1 aliphatic rings. The Bertz CT molecular complexity index is 367. The van der Waals surface area contributed by atoms with Crippen molar-refractivity contribution in [3.63, 3.8) is 0 Å². The molecule has 0 aromatic carbocycles. The molecule has 0 bridgehead atoms. The average molecular weight is 243 g/mol. The number of hydrogen-bond donors (Lipinski definition) is 0. The van der Waals surface area contributed by atoms with E-state index in [1.165, 1.54) is 6.20 Å². The Labute approximate surface area is 98.8 Å². The van der Waals surface area contributed by atoms with Gasteiger partial charge in [0.05, 0.1) is 18.1 Å². The standard InChI is InChI=1S/C11H15F2N3O/c1-15-2-4-16(5-3-15)9-6-10(8-14-7-9)17-11(12)13/h6-8,11H,2-5H2,1H3. The minimum atomic E-state index is -2.81. The second-order valence-electron chi connectivity index (χ2n) is 4.05. The minimum absolute atomic E-state index is 0.108. The van der Waals surface area contributed by atoms with Crippen molar-refractivity contribution in [1.82, 2.24) is 9.88 Å². The Morgan fingerprint density at radius 2 is 1.94 bits per heavy atom. The number of anilines is 1. The molecule has 6 heteroatoms. The number of hydrogen-bond acceptors (Lipinski definition) is 4. The normalized spacial score (nSPS) is 17.5. The molecule has 1 saturated heterocycles. The molecule has 0 saturated carbocycles. The summed E-state index contributed by atoms with van der Waals surface area (Å²) in [6.07, 6.45) is 2.97. The second-order valence-corrected chi connectivity index (χ2v) is 4.05. The lowest BCUT2D eigenvalue weighted by molar-refractivity contribution is -0.0500. The van der Waals surface area contributed by atoms with E-state index in [2.05, 4.69) is 26.6 Å². The largest absolute Gasteiger partial charge is 0.433 e. The van der Waals surface area contributed by atoms with Gasteiger partial charge in [0.25, 0.3) is 0 Å². The molecule has 0 unspecified atom stereocenters. The molecule has 1 aliphatic heterocycles. The van der Waals surface area contributed by atoms with Crippen LogP contribution in [0.1, 0.15) is 0 Å². The summed E-state index contributed by atoms with van der Waals surface area (Å²) in [7, 11) is 2.06. The lowest BCUT2D eigenvalue weighted by Crippen LogP contribution is -2.44. The van der Waals surface area contributed by atoms with Crippen molar-refractivity contribution in [2.75, 3.05) is 38.1 Å². The van der Waals surface area contributed by atoms with E-state index < -0.39 is 6.61 Å². The number of likely N-dealkylation sites (N-methyl/N-ethyl adjacent to an activating group) is 1. The van der Waals surface area contributed by atoms with Gasteiger partial charge in [0, 0.05) is 32.2 Å². The summed E-state index contributed by atoms with van der Waals surface area (Å²) in [6.45, 7) is 0.853. The zero-order valence-electron chi connectivity index (χ0n) is 9.64. The molecule has 0 radical (unpaired) electrons. The van der Waals surface area contributed by atoms with Gasteiger partial charge < -0.3 is 14.5 Å². The van der Waals surface area contributed by atoms with Crippen molar-refractivity contribution in [1.29, 1.82) is 0 Å². The first-order valence-corrected chi connectivity index (χ1v) is 5.48. The molecule has 0 amide bonds. The summed E-state index contributed by atoms with van der Waals surface area (Å²) in [5, 5.41) is 0. The Morgan fingerprint density at radius 1 is 1.24 bits per heavy atom. The summed E-state index contributed by atoms with van der Waals surface area (Å²) in [5.74, 6) is 0.108. The SMILES string of the molecule is CN1CCN(c2cncc(OC(F)F)c2)CC1. The van der Waals surface area contributed by atoms with Gasteiger partial charge >= 0.3 is 6.61 Å². The van der Waals surface area contributed by atoms with Crippen molar-refractivity contribution < 1.29 is 13.5 Å². The third-order valence-corrected chi connectivity index (χ3v) is 2.79. The maximum Gasteiger partial charge on any atom is 0.387 e. The van der Waals surface area contributed by atoms with Crippen molar-refractivity contribution in [3.8, 4) is 5.75 Å². The molecule has 0 aliphatic carbocycles. The van der Waals surface area contributed by atoms with Crippen LogP contribution in [0.3, 0.4) is 0 Å². The van der Waals surface area contributed by atoms with Gasteiger partial charge in [-0.25, -0.2) is 0 Å². The van der Waals surface area contributed by atoms with Crippen LogP contribution in [0.4, 0.5) is 14.5 Å². The summed E-state index contributed by atoms with van der Waals surface area (Å²) in [6, 6.07) is 1.60. The van der Waals surface area contributed by atoms with E-state index in [9.17, 15) is 8.78 Å². The van der Waals surface area contributed by atoms with Gasteiger partial charge in [-0.1, -0.05) is 0 Å². The molecule has 2 rings (SSSR count). The van der Waals surface area contributed by atoms with Crippen LogP contribution in [0.15, 0.2) is 18.5 Å². The summed E-state index contributed by atoms with van der Waals surface area (Å²) in [5.41, 5.74) is 0.830. The first kappa shape index (κ1) is 12.0. The minimum Gasteiger partial charge on any atom is -0.433 e. The molecule has 1 fully saturated rings. The van der Waals surface area contributed by atoms with E-state index in [1.54, 1.807) is 12.3 Å². The van der Waals surface area contributed by atoms with Crippen LogP contribution in [0.5, 0.6) is 5.75 Å². The topological polar surface area (TPSA) is 28.6 Å². The summed E-state index contributed by atoms with van der Waals surface area (Å²) >= 11 is 0. The maximum absolute atomic E-state index is 12.1. The number of ether oxygens (including phenoxy) is 1. The lowest BCUT2D eigenvalue weighted by Gasteiger charge is -2.33. The number of piperazine rings is 1. The quantitative estimate of drug-likeness (QED) is 0.803. The molecule has 0 atom stereocenters. The Morgan fingerprint density at radius 3 is 2.59 bits per heavy atom. The molecule has 4 nitrogen and oxygen atoms in total. The highest BCUT2D eigenvalue weighted by atomic mass is 19.3. The number of alkyl halides is 2. The Hall–Kier alpha value is -1.43. The molecule has 1 aromatic rings. The van der Waals surface area contributed by atoms with Gasteiger partial charge in [-0.05, 0) is 7.05 Å². The number of halogens is 2. The lowest BCUT2D eigenvalue weighted by atomic mass is 10.3. The van der Waals surface area contributed by atoms with Crippen LogP contribution < -0.4 is 9.64 Å². The third-order valence-electron chi connectivity index (χ3n) is 2.79. The molecule has 0 N–H and O–H groups in total. The smallest absolute Gasteiger partial charge is 0.387 e. The van der Waals surface area contributed by atoms with Crippen LogP contribution >= 0.6 is 0 Å². The zero-order chi connectivity index (χ0) is 12.3. The first-order chi connectivity index (χ1) is 8.15. The third kappa shape index (κ3) is 3.26. The predicted octanol–water partition coefficient (Wildman–Crippen LogP) is 1.43. The van der Waals surface area contributed by atoms with Crippen LogP contribution in [0.2, 0.25) is 0 Å². The van der Waals surface area contributed by atoms with Gasteiger partial charge in [-0.3, -0.25) is 4.98 Å². The monoisotopic (exact) mass is 243 g/mol. The fraction of sp³-hybridized carbons (Fsp3) is 0.545. The maximum atomic E-state index is 12.1. The number of aromatic nitrogens is 1. The van der Waals surface area contributed by atoms with Gasteiger partial charge in [0.1, 0.15) is 5.75 Å². The fourth-order valence-corrected chi connectivity index (χ4v) is 1.81. The van der Waals surface area contributed by atoms with Crippen LogP contribution in [0, 0.1) is 0 Å². The Kier molecular flexibility index (Phi) is 3.73. The molecular weight excluding hydrogens is 228 g/mol. The highest BCUT2D eigenvalue weighted by Crippen LogP contribution is 2.21. The molecule has 94 valence electrons. The first-order valence-electron chi connectivity index (χ1n) is 5.48. The highest BCUT2D eigenvalue weighted by Gasteiger charge is 2.15. The van der Waals surface area contributed by atoms with Crippen molar-refractivity contribution in [2.24, 2.45) is 0 Å². The van der Waals surface area contributed by atoms with E-state index in [4.69, 9.17) is 0 Å². The van der Waals surface area contributed by atoms with Crippen LogP contribution in [-0.4, -0.2) is 49.7 Å². The van der Waals surface area contributed by atoms with E-state index >= 15 is 0 Å². The van der Waals surface area contributed by atoms with Crippen LogP contribution in [-0.2, 0) is 0 Å².